The number of aromatic nitrogens is 1. The van der Waals surface area contributed by atoms with E-state index < -0.39 is 0 Å². The van der Waals surface area contributed by atoms with Gasteiger partial charge in [-0.05, 0) is 30.9 Å². The molecule has 5 heteroatoms. The molecule has 0 spiro atoms. The summed E-state index contributed by atoms with van der Waals surface area (Å²) in [5.41, 5.74) is 1.06. The van der Waals surface area contributed by atoms with E-state index in [4.69, 9.17) is 0 Å². The topological polar surface area (TPSA) is 53.5 Å². The standard InChI is InChI=1S/C18H27N3O2/c1-3-4-9-16(15-8-7-11-19-13-15)20(2)18(23)14-21-12-6-5-10-17(21)22/h7-8,11,13,16H,3-6,9-10,12,14H2,1-2H3. The molecule has 1 aliphatic rings. The predicted octanol–water partition coefficient (Wildman–Crippen LogP) is 2.78. The molecule has 0 aliphatic carbocycles. The zero-order valence-electron chi connectivity index (χ0n) is 14.2. The van der Waals surface area contributed by atoms with Crippen molar-refractivity contribution in [2.75, 3.05) is 20.1 Å². The average Bonchev–Trinajstić information content (AvgIpc) is 2.58. The first-order valence-electron chi connectivity index (χ1n) is 8.56. The van der Waals surface area contributed by atoms with Crippen molar-refractivity contribution in [1.82, 2.24) is 14.8 Å². The van der Waals surface area contributed by atoms with Gasteiger partial charge in [-0.15, -0.1) is 0 Å². The van der Waals surface area contributed by atoms with Crippen LogP contribution in [0.2, 0.25) is 0 Å². The van der Waals surface area contributed by atoms with E-state index in [9.17, 15) is 9.59 Å². The summed E-state index contributed by atoms with van der Waals surface area (Å²) in [6.07, 6.45) is 9.13. The lowest BCUT2D eigenvalue weighted by atomic mass is 10.0. The number of carbonyl (C=O) groups excluding carboxylic acids is 2. The van der Waals surface area contributed by atoms with Gasteiger partial charge >= 0.3 is 0 Å². The quantitative estimate of drug-likeness (QED) is 0.777. The molecule has 0 radical (unpaired) electrons. The van der Waals surface area contributed by atoms with Crippen molar-refractivity contribution in [2.24, 2.45) is 0 Å². The Morgan fingerprint density at radius 2 is 2.26 bits per heavy atom. The van der Waals surface area contributed by atoms with Crippen molar-refractivity contribution in [3.63, 3.8) is 0 Å². The lowest BCUT2D eigenvalue weighted by Gasteiger charge is -2.32. The van der Waals surface area contributed by atoms with Crippen molar-refractivity contribution in [2.45, 2.75) is 51.5 Å². The maximum atomic E-state index is 12.6. The van der Waals surface area contributed by atoms with Crippen LogP contribution in [0.4, 0.5) is 0 Å². The van der Waals surface area contributed by atoms with E-state index in [0.717, 1.165) is 37.7 Å². The first-order valence-corrected chi connectivity index (χ1v) is 8.56. The number of nitrogens with zero attached hydrogens (tertiary/aromatic N) is 3. The maximum absolute atomic E-state index is 12.6. The molecule has 0 bridgehead atoms. The van der Waals surface area contributed by atoms with Crippen LogP contribution >= 0.6 is 0 Å². The van der Waals surface area contributed by atoms with Gasteiger partial charge in [0, 0.05) is 32.4 Å². The minimum atomic E-state index is 0.00482. The molecule has 0 aromatic carbocycles. The third kappa shape index (κ3) is 4.78. The number of pyridine rings is 1. The van der Waals surface area contributed by atoms with Gasteiger partial charge in [0.15, 0.2) is 0 Å². The summed E-state index contributed by atoms with van der Waals surface area (Å²) in [6.45, 7) is 3.04. The highest BCUT2D eigenvalue weighted by Crippen LogP contribution is 2.25. The number of unbranched alkanes of at least 4 members (excludes halogenated alkanes) is 1. The molecule has 1 saturated heterocycles. The number of carbonyl (C=O) groups is 2. The summed E-state index contributed by atoms with van der Waals surface area (Å²) in [5, 5.41) is 0. The van der Waals surface area contributed by atoms with Crippen LogP contribution in [-0.2, 0) is 9.59 Å². The van der Waals surface area contributed by atoms with E-state index in [0.29, 0.717) is 13.0 Å². The first kappa shape index (κ1) is 17.4. The SMILES string of the molecule is CCCCC(c1cccnc1)N(C)C(=O)CN1CCCCC1=O. The van der Waals surface area contributed by atoms with Gasteiger partial charge in [0.05, 0.1) is 12.6 Å². The Morgan fingerprint density at radius 1 is 1.43 bits per heavy atom. The monoisotopic (exact) mass is 317 g/mol. The van der Waals surface area contributed by atoms with E-state index in [1.54, 1.807) is 16.0 Å². The van der Waals surface area contributed by atoms with Crippen molar-refractivity contribution < 1.29 is 9.59 Å². The zero-order valence-corrected chi connectivity index (χ0v) is 14.2. The van der Waals surface area contributed by atoms with Gasteiger partial charge in [0.25, 0.3) is 0 Å². The van der Waals surface area contributed by atoms with Gasteiger partial charge in [0.2, 0.25) is 11.8 Å². The van der Waals surface area contributed by atoms with Crippen LogP contribution in [-0.4, -0.2) is 46.7 Å². The van der Waals surface area contributed by atoms with Crippen LogP contribution in [0.5, 0.6) is 0 Å². The van der Waals surface area contributed by atoms with E-state index in [2.05, 4.69) is 11.9 Å². The summed E-state index contributed by atoms with van der Waals surface area (Å²) in [6, 6.07) is 3.94. The third-order valence-corrected chi connectivity index (χ3v) is 4.51. The Kier molecular flexibility index (Phi) is 6.56. The second-order valence-electron chi connectivity index (χ2n) is 6.22. The van der Waals surface area contributed by atoms with Crippen molar-refractivity contribution >= 4 is 11.8 Å². The van der Waals surface area contributed by atoms with Crippen LogP contribution in [0.15, 0.2) is 24.5 Å². The Balaban J connectivity index is 2.05. The first-order chi connectivity index (χ1) is 11.1. The van der Waals surface area contributed by atoms with E-state index in [-0.39, 0.29) is 24.4 Å². The highest BCUT2D eigenvalue weighted by molar-refractivity contribution is 5.85. The van der Waals surface area contributed by atoms with Gasteiger partial charge in [-0.1, -0.05) is 25.8 Å². The number of hydrogen-bond acceptors (Lipinski definition) is 3. The van der Waals surface area contributed by atoms with Gasteiger partial charge in [0.1, 0.15) is 0 Å². The molecule has 1 unspecified atom stereocenters. The molecule has 5 nitrogen and oxygen atoms in total. The molecule has 23 heavy (non-hydrogen) atoms. The number of likely N-dealkylation sites (tertiary alicyclic amines) is 1. The molecule has 2 heterocycles. The zero-order chi connectivity index (χ0) is 16.7. The number of rotatable bonds is 7. The summed E-state index contributed by atoms with van der Waals surface area (Å²) >= 11 is 0. The highest BCUT2D eigenvalue weighted by atomic mass is 16.2. The minimum Gasteiger partial charge on any atom is -0.337 e. The van der Waals surface area contributed by atoms with E-state index in [1.165, 1.54) is 0 Å². The minimum absolute atomic E-state index is 0.00482. The fourth-order valence-electron chi connectivity index (χ4n) is 3.03. The largest absolute Gasteiger partial charge is 0.337 e. The Hall–Kier alpha value is -1.91. The molecule has 2 amide bonds. The number of likely N-dealkylation sites (N-methyl/N-ethyl adjacent to an activating group) is 1. The molecule has 1 aromatic rings. The van der Waals surface area contributed by atoms with Crippen LogP contribution in [0.1, 0.15) is 57.1 Å². The van der Waals surface area contributed by atoms with E-state index in [1.807, 2.05) is 25.4 Å². The fourth-order valence-corrected chi connectivity index (χ4v) is 3.03. The van der Waals surface area contributed by atoms with Crippen LogP contribution in [0, 0.1) is 0 Å². The lowest BCUT2D eigenvalue weighted by molar-refractivity contribution is -0.142. The number of amides is 2. The molecule has 2 rings (SSSR count). The second kappa shape index (κ2) is 8.65. The molecule has 1 atom stereocenters. The van der Waals surface area contributed by atoms with E-state index >= 15 is 0 Å². The number of piperidine rings is 1. The molecule has 1 fully saturated rings. The molecule has 126 valence electrons. The Morgan fingerprint density at radius 3 is 2.91 bits per heavy atom. The molecule has 1 aromatic heterocycles. The summed E-state index contributed by atoms with van der Waals surface area (Å²) < 4.78 is 0. The van der Waals surface area contributed by atoms with Crippen molar-refractivity contribution in [3.8, 4) is 0 Å². The lowest BCUT2D eigenvalue weighted by Crippen LogP contribution is -2.44. The summed E-state index contributed by atoms with van der Waals surface area (Å²) in [7, 11) is 1.84. The summed E-state index contributed by atoms with van der Waals surface area (Å²) in [4.78, 5) is 32.2. The van der Waals surface area contributed by atoms with Gasteiger partial charge in [-0.2, -0.15) is 0 Å². The molecule has 1 aliphatic heterocycles. The molecular weight excluding hydrogens is 290 g/mol. The highest BCUT2D eigenvalue weighted by Gasteiger charge is 2.26. The average molecular weight is 317 g/mol. The third-order valence-electron chi connectivity index (χ3n) is 4.51. The maximum Gasteiger partial charge on any atom is 0.242 e. The second-order valence-corrected chi connectivity index (χ2v) is 6.22. The summed E-state index contributed by atoms with van der Waals surface area (Å²) in [5.74, 6) is 0.106. The van der Waals surface area contributed by atoms with Gasteiger partial charge in [-0.25, -0.2) is 0 Å². The fraction of sp³-hybridized carbons (Fsp3) is 0.611. The Bertz CT molecular complexity index is 518. The van der Waals surface area contributed by atoms with Gasteiger partial charge < -0.3 is 9.80 Å². The Labute approximate surface area is 138 Å². The number of hydrogen-bond donors (Lipinski definition) is 0. The van der Waals surface area contributed by atoms with Crippen molar-refractivity contribution in [3.05, 3.63) is 30.1 Å². The van der Waals surface area contributed by atoms with Crippen LogP contribution in [0.3, 0.4) is 0 Å². The predicted molar refractivity (Wildman–Crippen MR) is 89.7 cm³/mol. The van der Waals surface area contributed by atoms with Crippen LogP contribution < -0.4 is 0 Å². The van der Waals surface area contributed by atoms with Crippen LogP contribution in [0.25, 0.3) is 0 Å². The smallest absolute Gasteiger partial charge is 0.242 e. The van der Waals surface area contributed by atoms with Crippen molar-refractivity contribution in [1.29, 1.82) is 0 Å². The molecular formula is C18H27N3O2. The van der Waals surface area contributed by atoms with Gasteiger partial charge in [-0.3, -0.25) is 14.6 Å². The molecule has 0 saturated carbocycles. The normalized spacial score (nSPS) is 16.3. The molecule has 0 N–H and O–H groups in total.